The van der Waals surface area contributed by atoms with Gasteiger partial charge in [0.2, 0.25) is 0 Å². The van der Waals surface area contributed by atoms with Gasteiger partial charge in [-0.25, -0.2) is 27.9 Å². The Morgan fingerprint density at radius 2 is 2.00 bits per heavy atom. The third-order valence-electron chi connectivity index (χ3n) is 5.85. The zero-order chi connectivity index (χ0) is 23.3. The first-order valence-corrected chi connectivity index (χ1v) is 12.3. The minimum absolute atomic E-state index is 0.0659. The monoisotopic (exact) mass is 519 g/mol. The number of nitrogens with one attached hydrogen (secondary N) is 3. The van der Waals surface area contributed by atoms with Crippen LogP contribution in [-0.4, -0.2) is 42.5 Å². The standard InChI is InChI=1S/C21H23BrFN7OS/c1-20(2)19(24)30-21(3,10-32(20,31)25-4)14-8-13(5-6-15(14)23)29-18-17-16(27-11-28-18)7-12(22)9-26-17/h5-9,11H,10H2,1-4H3,(H2,24,30)(H,27,28,29)/t21-,32-/m0/s1. The Balaban J connectivity index is 1.76. The van der Waals surface area contributed by atoms with Crippen molar-refractivity contribution >= 4 is 54.0 Å². The van der Waals surface area contributed by atoms with Crippen molar-refractivity contribution in [1.29, 1.82) is 5.41 Å². The second-order valence-electron chi connectivity index (χ2n) is 8.37. The number of aromatic nitrogens is 3. The summed E-state index contributed by atoms with van der Waals surface area (Å²) in [6.07, 6.45) is 3.08. The minimum atomic E-state index is -2.82. The Morgan fingerprint density at radius 3 is 2.72 bits per heavy atom. The van der Waals surface area contributed by atoms with E-state index in [-0.39, 0.29) is 17.2 Å². The van der Waals surface area contributed by atoms with E-state index >= 15 is 4.39 Å². The van der Waals surface area contributed by atoms with E-state index in [0.29, 0.717) is 22.5 Å². The fourth-order valence-corrected chi connectivity index (χ4v) is 6.45. The largest absolute Gasteiger partial charge is 0.362 e. The molecule has 32 heavy (non-hydrogen) atoms. The first-order valence-electron chi connectivity index (χ1n) is 9.82. The summed E-state index contributed by atoms with van der Waals surface area (Å²) in [7, 11) is -1.33. The number of benzene rings is 1. The molecule has 11 heteroatoms. The summed E-state index contributed by atoms with van der Waals surface area (Å²) in [6.45, 7) is 5.18. The van der Waals surface area contributed by atoms with Crippen molar-refractivity contribution < 1.29 is 8.60 Å². The molecule has 1 aliphatic rings. The molecular weight excluding hydrogens is 497 g/mol. The highest BCUT2D eigenvalue weighted by atomic mass is 79.9. The van der Waals surface area contributed by atoms with Crippen LogP contribution >= 0.6 is 15.9 Å². The van der Waals surface area contributed by atoms with Crippen LogP contribution in [0.4, 0.5) is 15.9 Å². The smallest absolute Gasteiger partial charge is 0.160 e. The normalized spacial score (nSPS) is 24.8. The molecule has 0 unspecified atom stereocenters. The lowest BCUT2D eigenvalue weighted by Gasteiger charge is -2.45. The maximum atomic E-state index is 15.0. The molecular formula is C21H23BrFN7OS. The number of fused-ring (bicyclic) bond motifs is 1. The first-order chi connectivity index (χ1) is 15.0. The number of amidine groups is 1. The van der Waals surface area contributed by atoms with Crippen molar-refractivity contribution in [2.75, 3.05) is 18.1 Å². The number of hydrogen-bond donors (Lipinski definition) is 3. The van der Waals surface area contributed by atoms with Crippen molar-refractivity contribution in [3.05, 3.63) is 52.6 Å². The van der Waals surface area contributed by atoms with Crippen LogP contribution in [0.15, 0.2) is 45.6 Å². The van der Waals surface area contributed by atoms with Gasteiger partial charge in [0.05, 0.1) is 26.5 Å². The molecule has 1 aromatic carbocycles. The van der Waals surface area contributed by atoms with E-state index < -0.39 is 25.8 Å². The molecule has 0 saturated carbocycles. The SMILES string of the molecule is CN=[S@]1(=O)C[C@@](C)(c2cc(Nc3ncnc4cc(Br)cnc34)ccc2F)NC(=N)C1(C)C. The summed E-state index contributed by atoms with van der Waals surface area (Å²) in [6, 6.07) is 6.40. The summed E-state index contributed by atoms with van der Waals surface area (Å²) >= 11 is 3.38. The molecule has 1 saturated heterocycles. The lowest BCUT2D eigenvalue weighted by molar-refractivity contribution is 0.434. The quantitative estimate of drug-likeness (QED) is 0.473. The van der Waals surface area contributed by atoms with Crippen LogP contribution in [0.25, 0.3) is 11.0 Å². The molecule has 1 fully saturated rings. The van der Waals surface area contributed by atoms with Crippen molar-refractivity contribution in [2.24, 2.45) is 4.36 Å². The molecule has 168 valence electrons. The van der Waals surface area contributed by atoms with Gasteiger partial charge in [-0.2, -0.15) is 0 Å². The molecule has 1 aliphatic heterocycles. The molecule has 0 spiro atoms. The van der Waals surface area contributed by atoms with Crippen molar-refractivity contribution in [3.8, 4) is 0 Å². The van der Waals surface area contributed by atoms with Gasteiger partial charge < -0.3 is 10.6 Å². The fourth-order valence-electron chi connectivity index (χ4n) is 3.80. The molecule has 0 radical (unpaired) electrons. The van der Waals surface area contributed by atoms with Gasteiger partial charge in [-0.05, 0) is 61.0 Å². The summed E-state index contributed by atoms with van der Waals surface area (Å²) in [4.78, 5) is 12.9. The van der Waals surface area contributed by atoms with Gasteiger partial charge in [-0.1, -0.05) is 0 Å². The molecule has 4 rings (SSSR count). The third-order valence-corrected chi connectivity index (χ3v) is 9.64. The van der Waals surface area contributed by atoms with E-state index in [1.807, 2.05) is 6.07 Å². The Kier molecular flexibility index (Phi) is 5.44. The highest BCUT2D eigenvalue weighted by Gasteiger charge is 2.49. The lowest BCUT2D eigenvalue weighted by Crippen LogP contribution is -2.63. The van der Waals surface area contributed by atoms with Gasteiger partial charge in [0, 0.05) is 29.0 Å². The number of hydrogen-bond acceptors (Lipinski definition) is 7. The predicted molar refractivity (Wildman–Crippen MR) is 128 cm³/mol. The molecule has 3 N–H and O–H groups in total. The van der Waals surface area contributed by atoms with Crippen LogP contribution in [0.2, 0.25) is 0 Å². The Labute approximate surface area is 194 Å². The van der Waals surface area contributed by atoms with Gasteiger partial charge in [0.25, 0.3) is 0 Å². The number of pyridine rings is 1. The van der Waals surface area contributed by atoms with Crippen LogP contribution < -0.4 is 10.6 Å². The van der Waals surface area contributed by atoms with E-state index in [1.165, 1.54) is 19.4 Å². The summed E-state index contributed by atoms with van der Waals surface area (Å²) < 4.78 is 32.6. The van der Waals surface area contributed by atoms with E-state index in [4.69, 9.17) is 5.41 Å². The van der Waals surface area contributed by atoms with E-state index in [2.05, 4.69) is 45.9 Å². The number of halogens is 2. The summed E-state index contributed by atoms with van der Waals surface area (Å²) in [5.41, 5.74) is 1.00. The maximum Gasteiger partial charge on any atom is 0.160 e. The third kappa shape index (κ3) is 3.62. The fraction of sp³-hybridized carbons (Fsp3) is 0.333. The predicted octanol–water partition coefficient (Wildman–Crippen LogP) is 4.34. The molecule has 3 aromatic rings. The average Bonchev–Trinajstić information content (AvgIpc) is 2.73. The molecule has 0 amide bonds. The topological polar surface area (TPSA) is 116 Å². The molecule has 0 aliphatic carbocycles. The Hall–Kier alpha value is -2.66. The summed E-state index contributed by atoms with van der Waals surface area (Å²) in [5, 5.41) is 14.7. The molecule has 0 bridgehead atoms. The number of rotatable bonds is 3. The van der Waals surface area contributed by atoms with Crippen LogP contribution in [0.5, 0.6) is 0 Å². The van der Waals surface area contributed by atoms with Gasteiger partial charge in [0.1, 0.15) is 28.2 Å². The second-order valence-corrected chi connectivity index (χ2v) is 12.2. The second kappa shape index (κ2) is 7.73. The Morgan fingerprint density at radius 1 is 1.25 bits per heavy atom. The summed E-state index contributed by atoms with van der Waals surface area (Å²) in [5.74, 6) is 0.142. The molecule has 3 heterocycles. The Bertz CT molecular complexity index is 1370. The lowest BCUT2D eigenvalue weighted by atomic mass is 9.91. The van der Waals surface area contributed by atoms with Gasteiger partial charge in [-0.15, -0.1) is 0 Å². The average molecular weight is 520 g/mol. The van der Waals surface area contributed by atoms with Crippen molar-refractivity contribution in [2.45, 2.75) is 31.1 Å². The number of nitrogens with zero attached hydrogens (tertiary/aromatic N) is 4. The van der Waals surface area contributed by atoms with Gasteiger partial charge >= 0.3 is 0 Å². The first kappa shape index (κ1) is 22.5. The van der Waals surface area contributed by atoms with Crippen LogP contribution in [0.1, 0.15) is 26.3 Å². The van der Waals surface area contributed by atoms with E-state index in [1.54, 1.807) is 39.1 Å². The van der Waals surface area contributed by atoms with Crippen molar-refractivity contribution in [1.82, 2.24) is 20.3 Å². The van der Waals surface area contributed by atoms with Crippen LogP contribution in [-0.2, 0) is 15.3 Å². The van der Waals surface area contributed by atoms with E-state index in [9.17, 15) is 4.21 Å². The van der Waals surface area contributed by atoms with Gasteiger partial charge in [-0.3, -0.25) is 5.41 Å². The van der Waals surface area contributed by atoms with Crippen molar-refractivity contribution in [3.63, 3.8) is 0 Å². The highest BCUT2D eigenvalue weighted by Crippen LogP contribution is 2.37. The molecule has 2 aromatic heterocycles. The maximum absolute atomic E-state index is 15.0. The zero-order valence-corrected chi connectivity index (χ0v) is 20.4. The van der Waals surface area contributed by atoms with E-state index in [0.717, 1.165) is 4.47 Å². The highest BCUT2D eigenvalue weighted by molar-refractivity contribution is 9.10. The zero-order valence-electron chi connectivity index (χ0n) is 18.0. The van der Waals surface area contributed by atoms with Gasteiger partial charge in [0.15, 0.2) is 5.82 Å². The molecule has 8 nitrogen and oxygen atoms in total. The number of anilines is 2. The molecule has 2 atom stereocenters. The van der Waals surface area contributed by atoms with Crippen LogP contribution in [0, 0.1) is 11.2 Å². The van der Waals surface area contributed by atoms with Crippen LogP contribution in [0.3, 0.4) is 0 Å². The minimum Gasteiger partial charge on any atom is -0.362 e.